The maximum atomic E-state index is 12.0. The Morgan fingerprint density at radius 3 is 2.60 bits per heavy atom. The van der Waals surface area contributed by atoms with Gasteiger partial charge in [0.05, 0.1) is 31.0 Å². The number of nitrogens with two attached hydrogens (primary N) is 1. The number of hydrogen-bond acceptors (Lipinski definition) is 5. The molecule has 0 unspecified atom stereocenters. The number of rotatable bonds is 7. The third-order valence-electron chi connectivity index (χ3n) is 2.70. The second kappa shape index (κ2) is 8.24. The highest BCUT2D eigenvalue weighted by atomic mass is 35.5. The second-order valence-electron chi connectivity index (χ2n) is 4.06. The van der Waals surface area contributed by atoms with Crippen LogP contribution in [-0.2, 0) is 4.79 Å². The van der Waals surface area contributed by atoms with E-state index in [2.05, 4.69) is 5.32 Å². The van der Waals surface area contributed by atoms with Crippen LogP contribution in [0.5, 0.6) is 11.5 Å². The van der Waals surface area contributed by atoms with E-state index in [9.17, 15) is 4.79 Å². The molecule has 0 aliphatic heterocycles. The number of halogens is 1. The molecule has 3 N–H and O–H groups in total. The maximum absolute atomic E-state index is 12.0. The summed E-state index contributed by atoms with van der Waals surface area (Å²) in [6, 6.07) is 2.64. The summed E-state index contributed by atoms with van der Waals surface area (Å²) in [6.07, 6.45) is 2.58. The molecule has 1 atom stereocenters. The Kier molecular flexibility index (Phi) is 6.98. The molecule has 1 amide bonds. The summed E-state index contributed by atoms with van der Waals surface area (Å²) in [6.45, 7) is 0. The first kappa shape index (κ1) is 16.9. The van der Waals surface area contributed by atoms with E-state index in [0.29, 0.717) is 28.6 Å². The van der Waals surface area contributed by atoms with Crippen LogP contribution in [0.1, 0.15) is 6.42 Å². The van der Waals surface area contributed by atoms with Gasteiger partial charge in [0.2, 0.25) is 5.91 Å². The van der Waals surface area contributed by atoms with E-state index in [1.54, 1.807) is 23.9 Å². The Morgan fingerprint density at radius 1 is 1.40 bits per heavy atom. The normalized spacial score (nSPS) is 11.8. The van der Waals surface area contributed by atoms with Gasteiger partial charge < -0.3 is 20.5 Å². The van der Waals surface area contributed by atoms with Crippen LogP contribution < -0.4 is 20.5 Å². The topological polar surface area (TPSA) is 73.6 Å². The number of thioether (sulfide) groups is 1. The van der Waals surface area contributed by atoms with Crippen molar-refractivity contribution in [2.24, 2.45) is 5.73 Å². The minimum absolute atomic E-state index is 0.262. The predicted octanol–water partition coefficient (Wildman–Crippen LogP) is 2.38. The summed E-state index contributed by atoms with van der Waals surface area (Å²) >= 11 is 7.65. The minimum atomic E-state index is -0.561. The van der Waals surface area contributed by atoms with E-state index >= 15 is 0 Å². The van der Waals surface area contributed by atoms with Gasteiger partial charge in [-0.25, -0.2) is 0 Å². The summed E-state index contributed by atoms with van der Waals surface area (Å²) in [5.41, 5.74) is 6.30. The fraction of sp³-hybridized carbons (Fsp3) is 0.462. The van der Waals surface area contributed by atoms with E-state index in [-0.39, 0.29) is 5.91 Å². The summed E-state index contributed by atoms with van der Waals surface area (Å²) < 4.78 is 10.3. The van der Waals surface area contributed by atoms with Crippen molar-refractivity contribution in [2.45, 2.75) is 12.5 Å². The summed E-state index contributed by atoms with van der Waals surface area (Å²) in [7, 11) is 3.00. The average Bonchev–Trinajstić information content (AvgIpc) is 2.45. The van der Waals surface area contributed by atoms with Crippen LogP contribution in [0, 0.1) is 0 Å². The number of benzene rings is 1. The SMILES string of the molecule is COc1cc(NC(=O)[C@@H](N)CCSC)c(OC)cc1Cl. The molecule has 0 aliphatic carbocycles. The Morgan fingerprint density at radius 2 is 2.05 bits per heavy atom. The molecule has 112 valence electrons. The third-order valence-corrected chi connectivity index (χ3v) is 3.64. The van der Waals surface area contributed by atoms with Crippen LogP contribution in [0.2, 0.25) is 5.02 Å². The molecule has 0 bridgehead atoms. The van der Waals surface area contributed by atoms with Crippen molar-refractivity contribution >= 4 is 35.0 Å². The molecule has 0 radical (unpaired) electrons. The van der Waals surface area contributed by atoms with Gasteiger partial charge in [0, 0.05) is 12.1 Å². The molecule has 20 heavy (non-hydrogen) atoms. The number of ether oxygens (including phenoxy) is 2. The molecule has 0 saturated heterocycles. The van der Waals surface area contributed by atoms with Crippen molar-refractivity contribution < 1.29 is 14.3 Å². The molecule has 0 aromatic heterocycles. The minimum Gasteiger partial charge on any atom is -0.495 e. The third kappa shape index (κ3) is 4.47. The lowest BCUT2D eigenvalue weighted by Crippen LogP contribution is -2.36. The molecule has 0 saturated carbocycles. The van der Waals surface area contributed by atoms with E-state index < -0.39 is 6.04 Å². The van der Waals surface area contributed by atoms with Crippen molar-refractivity contribution in [3.63, 3.8) is 0 Å². The molecular formula is C13H19ClN2O3S. The van der Waals surface area contributed by atoms with Crippen molar-refractivity contribution in [2.75, 3.05) is 31.5 Å². The van der Waals surface area contributed by atoms with Crippen molar-refractivity contribution in [1.82, 2.24) is 0 Å². The maximum Gasteiger partial charge on any atom is 0.241 e. The van der Waals surface area contributed by atoms with Crippen molar-refractivity contribution in [1.29, 1.82) is 0 Å². The first-order valence-corrected chi connectivity index (χ1v) is 7.77. The van der Waals surface area contributed by atoms with Crippen LogP contribution in [0.3, 0.4) is 0 Å². The molecule has 1 rings (SSSR count). The average molecular weight is 319 g/mol. The smallest absolute Gasteiger partial charge is 0.241 e. The van der Waals surface area contributed by atoms with Gasteiger partial charge in [-0.1, -0.05) is 11.6 Å². The highest BCUT2D eigenvalue weighted by Crippen LogP contribution is 2.35. The highest BCUT2D eigenvalue weighted by molar-refractivity contribution is 7.98. The van der Waals surface area contributed by atoms with Gasteiger partial charge in [0.1, 0.15) is 11.5 Å². The standard InChI is InChI=1S/C13H19ClN2O3S/c1-18-11-7-10(12(19-2)6-8(11)14)16-13(17)9(15)4-5-20-3/h6-7,9H,4-5,15H2,1-3H3,(H,16,17)/t9-/m0/s1. The number of hydrogen-bond donors (Lipinski definition) is 2. The number of methoxy groups -OCH3 is 2. The lowest BCUT2D eigenvalue weighted by atomic mass is 10.2. The van der Waals surface area contributed by atoms with Gasteiger partial charge in [0.15, 0.2) is 0 Å². The second-order valence-corrected chi connectivity index (χ2v) is 5.46. The van der Waals surface area contributed by atoms with Crippen molar-refractivity contribution in [3.05, 3.63) is 17.2 Å². The molecule has 1 aromatic carbocycles. The Bertz CT molecular complexity index is 471. The summed E-state index contributed by atoms with van der Waals surface area (Å²) in [4.78, 5) is 12.0. The quantitative estimate of drug-likeness (QED) is 0.807. The number of carbonyl (C=O) groups excluding carboxylic acids is 1. The van der Waals surface area contributed by atoms with Crippen LogP contribution in [0.25, 0.3) is 0 Å². The van der Waals surface area contributed by atoms with Gasteiger partial charge in [-0.05, 0) is 18.4 Å². The molecule has 0 aliphatic rings. The van der Waals surface area contributed by atoms with Gasteiger partial charge in [-0.3, -0.25) is 4.79 Å². The number of nitrogens with one attached hydrogen (secondary N) is 1. The lowest BCUT2D eigenvalue weighted by Gasteiger charge is -2.15. The fourth-order valence-electron chi connectivity index (χ4n) is 1.56. The lowest BCUT2D eigenvalue weighted by molar-refractivity contribution is -0.117. The number of carbonyl (C=O) groups is 1. The van der Waals surface area contributed by atoms with Crippen LogP contribution in [0.15, 0.2) is 12.1 Å². The highest BCUT2D eigenvalue weighted by Gasteiger charge is 2.17. The van der Waals surface area contributed by atoms with Crippen molar-refractivity contribution in [3.8, 4) is 11.5 Å². The largest absolute Gasteiger partial charge is 0.495 e. The van der Waals surface area contributed by atoms with E-state index in [0.717, 1.165) is 5.75 Å². The Hall–Kier alpha value is -1.11. The summed E-state index contributed by atoms with van der Waals surface area (Å²) in [5.74, 6) is 1.48. The van der Waals surface area contributed by atoms with Crippen LogP contribution >= 0.6 is 23.4 Å². The number of amides is 1. The molecule has 0 heterocycles. The van der Waals surface area contributed by atoms with Gasteiger partial charge in [-0.15, -0.1) is 0 Å². The van der Waals surface area contributed by atoms with E-state index in [4.69, 9.17) is 26.8 Å². The zero-order valence-corrected chi connectivity index (χ0v) is 13.3. The number of anilines is 1. The summed E-state index contributed by atoms with van der Waals surface area (Å²) in [5, 5.41) is 3.15. The van der Waals surface area contributed by atoms with Crippen LogP contribution in [-0.4, -0.2) is 38.2 Å². The molecular weight excluding hydrogens is 300 g/mol. The van der Waals surface area contributed by atoms with Gasteiger partial charge >= 0.3 is 0 Å². The fourth-order valence-corrected chi connectivity index (χ4v) is 2.28. The van der Waals surface area contributed by atoms with Gasteiger partial charge in [-0.2, -0.15) is 11.8 Å². The zero-order chi connectivity index (χ0) is 15.1. The van der Waals surface area contributed by atoms with E-state index in [1.807, 2.05) is 6.26 Å². The van der Waals surface area contributed by atoms with Gasteiger partial charge in [0.25, 0.3) is 0 Å². The Balaban J connectivity index is 2.87. The molecule has 1 aromatic rings. The zero-order valence-electron chi connectivity index (χ0n) is 11.7. The first-order chi connectivity index (χ1) is 9.53. The molecule has 5 nitrogen and oxygen atoms in total. The predicted molar refractivity (Wildman–Crippen MR) is 84.2 cm³/mol. The first-order valence-electron chi connectivity index (χ1n) is 6.00. The monoisotopic (exact) mass is 318 g/mol. The Labute approximate surface area is 128 Å². The van der Waals surface area contributed by atoms with E-state index in [1.165, 1.54) is 14.2 Å². The molecule has 7 heteroatoms. The molecule has 0 fully saturated rings. The van der Waals surface area contributed by atoms with Crippen LogP contribution in [0.4, 0.5) is 5.69 Å². The molecule has 0 spiro atoms.